The molecule has 3 aromatic rings. The van der Waals surface area contributed by atoms with Gasteiger partial charge in [0.15, 0.2) is 5.65 Å². The number of ether oxygens (including phenoxy) is 1. The van der Waals surface area contributed by atoms with Crippen LogP contribution >= 0.6 is 0 Å². The number of nitrogens with zero attached hydrogens (tertiary/aromatic N) is 4. The number of benzene rings is 1. The SMILES string of the molecule is COc1ccc(CNc2ncnc3c2cnn3C)cc1N. The third-order valence-corrected chi connectivity index (χ3v) is 3.28. The highest BCUT2D eigenvalue weighted by Gasteiger charge is 2.07. The molecule has 0 saturated heterocycles. The van der Waals surface area contributed by atoms with Crippen LogP contribution in [0.15, 0.2) is 30.7 Å². The van der Waals surface area contributed by atoms with Crippen molar-refractivity contribution in [2.45, 2.75) is 6.54 Å². The molecule has 1 aromatic carbocycles. The number of fused-ring (bicyclic) bond motifs is 1. The van der Waals surface area contributed by atoms with Crippen LogP contribution < -0.4 is 15.8 Å². The maximum atomic E-state index is 5.90. The zero-order valence-electron chi connectivity index (χ0n) is 11.9. The average molecular weight is 284 g/mol. The van der Waals surface area contributed by atoms with Crippen molar-refractivity contribution in [1.82, 2.24) is 19.7 Å². The van der Waals surface area contributed by atoms with E-state index in [2.05, 4.69) is 20.4 Å². The Labute approximate surface area is 121 Å². The van der Waals surface area contributed by atoms with E-state index in [1.807, 2.05) is 25.2 Å². The van der Waals surface area contributed by atoms with E-state index in [0.717, 1.165) is 22.4 Å². The third-order valence-electron chi connectivity index (χ3n) is 3.28. The highest BCUT2D eigenvalue weighted by Crippen LogP contribution is 2.23. The van der Waals surface area contributed by atoms with E-state index in [1.165, 1.54) is 6.33 Å². The first-order valence-electron chi connectivity index (χ1n) is 6.48. The van der Waals surface area contributed by atoms with Crippen molar-refractivity contribution in [3.63, 3.8) is 0 Å². The maximum Gasteiger partial charge on any atom is 0.163 e. The highest BCUT2D eigenvalue weighted by atomic mass is 16.5. The lowest BCUT2D eigenvalue weighted by molar-refractivity contribution is 0.417. The van der Waals surface area contributed by atoms with E-state index in [9.17, 15) is 0 Å². The van der Waals surface area contributed by atoms with Crippen LogP contribution in [-0.2, 0) is 13.6 Å². The minimum atomic E-state index is 0.606. The number of anilines is 2. The number of aromatic nitrogens is 4. The molecule has 2 aromatic heterocycles. The molecular weight excluding hydrogens is 268 g/mol. The molecule has 0 spiro atoms. The fourth-order valence-corrected chi connectivity index (χ4v) is 2.18. The first kappa shape index (κ1) is 13.2. The van der Waals surface area contributed by atoms with Crippen molar-refractivity contribution in [2.24, 2.45) is 7.05 Å². The fraction of sp³-hybridized carbons (Fsp3) is 0.214. The van der Waals surface area contributed by atoms with Gasteiger partial charge in [0.05, 0.1) is 24.4 Å². The Balaban J connectivity index is 1.82. The zero-order valence-corrected chi connectivity index (χ0v) is 11.9. The van der Waals surface area contributed by atoms with Gasteiger partial charge in [0.2, 0.25) is 0 Å². The molecule has 0 aliphatic heterocycles. The van der Waals surface area contributed by atoms with Crippen LogP contribution in [0.4, 0.5) is 11.5 Å². The van der Waals surface area contributed by atoms with Gasteiger partial charge >= 0.3 is 0 Å². The van der Waals surface area contributed by atoms with Crippen LogP contribution in [-0.4, -0.2) is 26.9 Å². The maximum absolute atomic E-state index is 5.90. The predicted octanol–water partition coefficient (Wildman–Crippen LogP) is 1.57. The van der Waals surface area contributed by atoms with Crippen LogP contribution in [0.3, 0.4) is 0 Å². The van der Waals surface area contributed by atoms with Crippen LogP contribution in [0.5, 0.6) is 5.75 Å². The molecule has 7 nitrogen and oxygen atoms in total. The summed E-state index contributed by atoms with van der Waals surface area (Å²) in [6.07, 6.45) is 3.27. The van der Waals surface area contributed by atoms with E-state index >= 15 is 0 Å². The molecule has 0 aliphatic rings. The lowest BCUT2D eigenvalue weighted by Crippen LogP contribution is -2.03. The normalized spacial score (nSPS) is 10.8. The largest absolute Gasteiger partial charge is 0.495 e. The van der Waals surface area contributed by atoms with Crippen molar-refractivity contribution in [3.05, 3.63) is 36.3 Å². The minimum absolute atomic E-state index is 0.606. The summed E-state index contributed by atoms with van der Waals surface area (Å²) in [5, 5.41) is 8.36. The van der Waals surface area contributed by atoms with Crippen molar-refractivity contribution in [2.75, 3.05) is 18.2 Å². The summed E-state index contributed by atoms with van der Waals surface area (Å²) in [5.74, 6) is 1.43. The van der Waals surface area contributed by atoms with E-state index in [4.69, 9.17) is 10.5 Å². The minimum Gasteiger partial charge on any atom is -0.495 e. The molecule has 108 valence electrons. The van der Waals surface area contributed by atoms with Gasteiger partial charge in [0.25, 0.3) is 0 Å². The average Bonchev–Trinajstić information content (AvgIpc) is 2.87. The number of nitrogens with two attached hydrogens (primary N) is 1. The van der Waals surface area contributed by atoms with E-state index in [-0.39, 0.29) is 0 Å². The second-order valence-electron chi connectivity index (χ2n) is 4.66. The first-order valence-corrected chi connectivity index (χ1v) is 6.48. The van der Waals surface area contributed by atoms with Gasteiger partial charge in [0, 0.05) is 13.6 Å². The second kappa shape index (κ2) is 5.28. The summed E-state index contributed by atoms with van der Waals surface area (Å²) >= 11 is 0. The molecule has 0 radical (unpaired) electrons. The zero-order chi connectivity index (χ0) is 14.8. The summed E-state index contributed by atoms with van der Waals surface area (Å²) in [6.45, 7) is 0.606. The lowest BCUT2D eigenvalue weighted by atomic mass is 10.2. The Bertz CT molecular complexity index is 782. The van der Waals surface area contributed by atoms with Gasteiger partial charge in [0.1, 0.15) is 17.9 Å². The molecule has 0 unspecified atom stereocenters. The number of hydrogen-bond donors (Lipinski definition) is 2. The van der Waals surface area contributed by atoms with Crippen LogP contribution in [0, 0.1) is 0 Å². The highest BCUT2D eigenvalue weighted by molar-refractivity contribution is 5.85. The Morgan fingerprint density at radius 3 is 2.95 bits per heavy atom. The summed E-state index contributed by atoms with van der Waals surface area (Å²) in [4.78, 5) is 8.47. The molecule has 0 saturated carbocycles. The van der Waals surface area contributed by atoms with Gasteiger partial charge in [-0.25, -0.2) is 9.97 Å². The lowest BCUT2D eigenvalue weighted by Gasteiger charge is -2.09. The number of nitrogen functional groups attached to an aromatic ring is 1. The van der Waals surface area contributed by atoms with Gasteiger partial charge in [-0.05, 0) is 17.7 Å². The van der Waals surface area contributed by atoms with Crippen molar-refractivity contribution in [1.29, 1.82) is 0 Å². The van der Waals surface area contributed by atoms with Crippen LogP contribution in [0.25, 0.3) is 11.0 Å². The molecule has 0 fully saturated rings. The molecule has 7 heteroatoms. The van der Waals surface area contributed by atoms with Gasteiger partial charge in [-0.1, -0.05) is 6.07 Å². The van der Waals surface area contributed by atoms with Crippen molar-refractivity contribution >= 4 is 22.5 Å². The Hall–Kier alpha value is -2.83. The van der Waals surface area contributed by atoms with E-state index < -0.39 is 0 Å². The molecule has 3 N–H and O–H groups in total. The second-order valence-corrected chi connectivity index (χ2v) is 4.66. The van der Waals surface area contributed by atoms with Gasteiger partial charge < -0.3 is 15.8 Å². The fourth-order valence-electron chi connectivity index (χ4n) is 2.18. The monoisotopic (exact) mass is 284 g/mol. The molecule has 0 aliphatic carbocycles. The van der Waals surface area contributed by atoms with Gasteiger partial charge in [-0.15, -0.1) is 0 Å². The first-order chi connectivity index (χ1) is 10.2. The molecule has 2 heterocycles. The summed E-state index contributed by atoms with van der Waals surface area (Å²) in [5.41, 5.74) is 8.36. The number of hydrogen-bond acceptors (Lipinski definition) is 6. The summed E-state index contributed by atoms with van der Waals surface area (Å²) in [6, 6.07) is 5.70. The summed E-state index contributed by atoms with van der Waals surface area (Å²) < 4.78 is 6.86. The van der Waals surface area contributed by atoms with Crippen molar-refractivity contribution < 1.29 is 4.74 Å². The predicted molar refractivity (Wildman–Crippen MR) is 81.0 cm³/mol. The molecule has 0 amide bonds. The van der Waals surface area contributed by atoms with Crippen LogP contribution in [0.2, 0.25) is 0 Å². The van der Waals surface area contributed by atoms with Crippen molar-refractivity contribution in [3.8, 4) is 5.75 Å². The Morgan fingerprint density at radius 2 is 2.19 bits per heavy atom. The molecule has 0 bridgehead atoms. The third kappa shape index (κ3) is 2.45. The Morgan fingerprint density at radius 1 is 1.33 bits per heavy atom. The van der Waals surface area contributed by atoms with E-state index in [0.29, 0.717) is 18.0 Å². The molecule has 0 atom stereocenters. The topological polar surface area (TPSA) is 90.9 Å². The molecular formula is C14H16N6O. The number of methoxy groups -OCH3 is 1. The van der Waals surface area contributed by atoms with Crippen LogP contribution in [0.1, 0.15) is 5.56 Å². The number of nitrogens with one attached hydrogen (secondary N) is 1. The van der Waals surface area contributed by atoms with Gasteiger partial charge in [-0.3, -0.25) is 4.68 Å². The standard InChI is InChI=1S/C14H16N6O/c1-20-14-10(7-19-20)13(17-8-18-14)16-6-9-3-4-12(21-2)11(15)5-9/h3-5,7-8H,6,15H2,1-2H3,(H,16,17,18). The summed E-state index contributed by atoms with van der Waals surface area (Å²) in [7, 11) is 3.45. The Kier molecular flexibility index (Phi) is 3.31. The number of aryl methyl sites for hydroxylation is 1. The smallest absolute Gasteiger partial charge is 0.163 e. The quantitative estimate of drug-likeness (QED) is 0.707. The molecule has 3 rings (SSSR count). The van der Waals surface area contributed by atoms with E-state index in [1.54, 1.807) is 18.0 Å². The molecule has 21 heavy (non-hydrogen) atoms. The number of rotatable bonds is 4. The van der Waals surface area contributed by atoms with Gasteiger partial charge in [-0.2, -0.15) is 5.10 Å².